The van der Waals surface area contributed by atoms with Gasteiger partial charge in [-0.1, -0.05) is 0 Å². The first-order valence-electron chi connectivity index (χ1n) is 6.63. The molecular formula is C16H14N2O3. The molecule has 0 aliphatic carbocycles. The molecule has 0 spiro atoms. The second-order valence-corrected chi connectivity index (χ2v) is 4.58. The minimum absolute atomic E-state index is 0.208. The van der Waals surface area contributed by atoms with Crippen molar-refractivity contribution >= 4 is 17.0 Å². The minimum Gasteiger partial charge on any atom is -0.508 e. The molecule has 1 heterocycles. The van der Waals surface area contributed by atoms with Crippen molar-refractivity contribution in [2.24, 2.45) is 0 Å². The normalized spacial score (nSPS) is 10.7. The first-order chi connectivity index (χ1) is 10.2. The molecule has 0 saturated heterocycles. The zero-order valence-electron chi connectivity index (χ0n) is 11.5. The first-order valence-corrected chi connectivity index (χ1v) is 6.63. The average Bonchev–Trinajstić information content (AvgIpc) is 2.91. The Kier molecular flexibility index (Phi) is 3.31. The second-order valence-electron chi connectivity index (χ2n) is 4.58. The molecule has 0 saturated carbocycles. The summed E-state index contributed by atoms with van der Waals surface area (Å²) in [5, 5.41) is 9.31. The lowest BCUT2D eigenvalue weighted by Crippen LogP contribution is -2.04. The highest BCUT2D eigenvalue weighted by atomic mass is 16.5. The van der Waals surface area contributed by atoms with Crippen LogP contribution in [0.4, 0.5) is 0 Å². The molecular weight excluding hydrogens is 268 g/mol. The van der Waals surface area contributed by atoms with Crippen molar-refractivity contribution < 1.29 is 14.6 Å². The van der Waals surface area contributed by atoms with Gasteiger partial charge < -0.3 is 14.8 Å². The van der Waals surface area contributed by atoms with Gasteiger partial charge in [-0.3, -0.25) is 0 Å². The van der Waals surface area contributed by atoms with Gasteiger partial charge in [-0.05, 0) is 49.4 Å². The number of phenols is 1. The third kappa shape index (κ3) is 2.58. The van der Waals surface area contributed by atoms with E-state index in [4.69, 9.17) is 4.74 Å². The highest BCUT2D eigenvalue weighted by Crippen LogP contribution is 2.23. The van der Waals surface area contributed by atoms with Crippen LogP contribution in [0, 0.1) is 0 Å². The maximum Gasteiger partial charge on any atom is 0.338 e. The van der Waals surface area contributed by atoms with Crippen molar-refractivity contribution in [2.45, 2.75) is 6.92 Å². The molecule has 0 aliphatic heterocycles. The smallest absolute Gasteiger partial charge is 0.338 e. The molecule has 5 nitrogen and oxygen atoms in total. The Morgan fingerprint density at radius 2 is 2.00 bits per heavy atom. The molecule has 0 aliphatic rings. The fourth-order valence-electron chi connectivity index (χ4n) is 2.11. The zero-order chi connectivity index (χ0) is 14.8. The molecule has 1 aromatic heterocycles. The number of fused-ring (bicyclic) bond motifs is 1. The largest absolute Gasteiger partial charge is 0.508 e. The first kappa shape index (κ1) is 13.2. The number of carbonyl (C=O) groups is 1. The Morgan fingerprint density at radius 1 is 1.24 bits per heavy atom. The van der Waals surface area contributed by atoms with Gasteiger partial charge in [-0.15, -0.1) is 0 Å². The van der Waals surface area contributed by atoms with Crippen LogP contribution in [0.1, 0.15) is 17.3 Å². The Hall–Kier alpha value is -2.82. The third-order valence-electron chi connectivity index (χ3n) is 3.13. The number of esters is 1. The van der Waals surface area contributed by atoms with Gasteiger partial charge in [0.1, 0.15) is 11.6 Å². The van der Waals surface area contributed by atoms with Crippen molar-refractivity contribution in [1.82, 2.24) is 9.97 Å². The number of ether oxygens (including phenoxy) is 1. The summed E-state index contributed by atoms with van der Waals surface area (Å²) in [5.74, 6) is 0.547. The summed E-state index contributed by atoms with van der Waals surface area (Å²) in [6, 6.07) is 12.0. The molecule has 0 bridgehead atoms. The Balaban J connectivity index is 2.00. The van der Waals surface area contributed by atoms with Gasteiger partial charge in [-0.25, -0.2) is 9.78 Å². The lowest BCUT2D eigenvalue weighted by atomic mass is 10.2. The minimum atomic E-state index is -0.347. The standard InChI is InChI=1S/C16H14N2O3/c1-2-21-16(20)11-5-8-13-14(9-11)18-15(17-13)10-3-6-12(19)7-4-10/h3-9,19H,2H2,1H3,(H,17,18). The van der Waals surface area contributed by atoms with Crippen LogP contribution >= 0.6 is 0 Å². The highest BCUT2D eigenvalue weighted by Gasteiger charge is 2.10. The highest BCUT2D eigenvalue weighted by molar-refractivity contribution is 5.94. The van der Waals surface area contributed by atoms with Gasteiger partial charge in [0, 0.05) is 5.56 Å². The van der Waals surface area contributed by atoms with Crippen molar-refractivity contribution in [2.75, 3.05) is 6.61 Å². The summed E-state index contributed by atoms with van der Waals surface area (Å²) >= 11 is 0. The van der Waals surface area contributed by atoms with E-state index in [0.717, 1.165) is 16.6 Å². The van der Waals surface area contributed by atoms with Crippen LogP contribution in [-0.2, 0) is 4.74 Å². The Bertz CT molecular complexity index is 791. The van der Waals surface area contributed by atoms with Crippen LogP contribution in [0.25, 0.3) is 22.4 Å². The third-order valence-corrected chi connectivity index (χ3v) is 3.13. The van der Waals surface area contributed by atoms with Crippen molar-refractivity contribution in [1.29, 1.82) is 0 Å². The number of H-pyrrole nitrogens is 1. The molecule has 21 heavy (non-hydrogen) atoms. The lowest BCUT2D eigenvalue weighted by molar-refractivity contribution is 0.0526. The van der Waals surface area contributed by atoms with E-state index in [1.165, 1.54) is 0 Å². The number of nitrogens with one attached hydrogen (secondary N) is 1. The fraction of sp³-hybridized carbons (Fsp3) is 0.125. The molecule has 106 valence electrons. The van der Waals surface area contributed by atoms with E-state index in [-0.39, 0.29) is 11.7 Å². The number of carbonyl (C=O) groups excluding carboxylic acids is 1. The molecule has 0 fully saturated rings. The summed E-state index contributed by atoms with van der Waals surface area (Å²) in [5.41, 5.74) is 2.89. The van der Waals surface area contributed by atoms with Crippen molar-refractivity contribution in [3.63, 3.8) is 0 Å². The summed E-state index contributed by atoms with van der Waals surface area (Å²) < 4.78 is 4.98. The number of imidazole rings is 1. The van der Waals surface area contributed by atoms with E-state index in [1.54, 1.807) is 49.4 Å². The van der Waals surface area contributed by atoms with Crippen molar-refractivity contribution in [3.8, 4) is 17.1 Å². The van der Waals surface area contributed by atoms with E-state index >= 15 is 0 Å². The van der Waals surface area contributed by atoms with Crippen LogP contribution in [0.2, 0.25) is 0 Å². The Morgan fingerprint density at radius 3 is 2.71 bits per heavy atom. The zero-order valence-corrected chi connectivity index (χ0v) is 11.5. The Labute approximate surface area is 121 Å². The second kappa shape index (κ2) is 5.28. The number of aromatic hydroxyl groups is 1. The van der Waals surface area contributed by atoms with Gasteiger partial charge in [0.15, 0.2) is 0 Å². The summed E-state index contributed by atoms with van der Waals surface area (Å²) in [6.45, 7) is 2.12. The van der Waals surface area contributed by atoms with E-state index < -0.39 is 0 Å². The number of benzene rings is 2. The van der Waals surface area contributed by atoms with Gasteiger partial charge in [-0.2, -0.15) is 0 Å². The molecule has 2 N–H and O–H groups in total. The number of nitrogens with zero attached hydrogens (tertiary/aromatic N) is 1. The maximum absolute atomic E-state index is 11.7. The van der Waals surface area contributed by atoms with Gasteiger partial charge in [0.25, 0.3) is 0 Å². The van der Waals surface area contributed by atoms with E-state index in [1.807, 2.05) is 0 Å². The molecule has 0 radical (unpaired) electrons. The molecule has 0 amide bonds. The predicted molar refractivity (Wildman–Crippen MR) is 79.2 cm³/mol. The number of phenolic OH excluding ortho intramolecular Hbond substituents is 1. The average molecular weight is 282 g/mol. The quantitative estimate of drug-likeness (QED) is 0.724. The number of rotatable bonds is 3. The number of hydrogen-bond acceptors (Lipinski definition) is 4. The topological polar surface area (TPSA) is 75.2 Å². The van der Waals surface area contributed by atoms with E-state index in [0.29, 0.717) is 18.0 Å². The predicted octanol–water partition coefficient (Wildman–Crippen LogP) is 3.11. The van der Waals surface area contributed by atoms with Crippen LogP contribution < -0.4 is 0 Å². The lowest BCUT2D eigenvalue weighted by Gasteiger charge is -2.00. The van der Waals surface area contributed by atoms with Gasteiger partial charge in [0.2, 0.25) is 0 Å². The van der Waals surface area contributed by atoms with Gasteiger partial charge in [0.05, 0.1) is 23.2 Å². The molecule has 0 atom stereocenters. The number of aromatic nitrogens is 2. The summed E-state index contributed by atoms with van der Waals surface area (Å²) in [7, 11) is 0. The molecule has 3 aromatic rings. The van der Waals surface area contributed by atoms with E-state index in [9.17, 15) is 9.90 Å². The molecule has 3 rings (SSSR count). The van der Waals surface area contributed by atoms with Crippen LogP contribution in [0.15, 0.2) is 42.5 Å². The SMILES string of the molecule is CCOC(=O)c1ccc2nc(-c3ccc(O)cc3)[nH]c2c1. The summed E-state index contributed by atoms with van der Waals surface area (Å²) in [6.07, 6.45) is 0. The number of hydrogen-bond donors (Lipinski definition) is 2. The summed E-state index contributed by atoms with van der Waals surface area (Å²) in [4.78, 5) is 19.4. The molecule has 0 unspecified atom stereocenters. The molecule has 2 aromatic carbocycles. The van der Waals surface area contributed by atoms with E-state index in [2.05, 4.69) is 9.97 Å². The fourth-order valence-corrected chi connectivity index (χ4v) is 2.11. The van der Waals surface area contributed by atoms with Crippen LogP contribution in [0.5, 0.6) is 5.75 Å². The monoisotopic (exact) mass is 282 g/mol. The van der Waals surface area contributed by atoms with Gasteiger partial charge >= 0.3 is 5.97 Å². The molecule has 5 heteroatoms. The van der Waals surface area contributed by atoms with Crippen LogP contribution in [0.3, 0.4) is 0 Å². The number of aromatic amines is 1. The van der Waals surface area contributed by atoms with Crippen molar-refractivity contribution in [3.05, 3.63) is 48.0 Å². The maximum atomic E-state index is 11.7. The van der Waals surface area contributed by atoms with Crippen LogP contribution in [-0.4, -0.2) is 27.7 Å².